The summed E-state index contributed by atoms with van der Waals surface area (Å²) in [4.78, 5) is 0. The zero-order chi connectivity index (χ0) is 14.4. The lowest BCUT2D eigenvalue weighted by Gasteiger charge is -2.18. The molecular formula is C17H22ClNO2. The maximum atomic E-state index is 5.77. The van der Waals surface area contributed by atoms with Crippen molar-refractivity contribution in [2.45, 2.75) is 12.3 Å². The predicted molar refractivity (Wildman–Crippen MR) is 88.8 cm³/mol. The first-order chi connectivity index (χ1) is 9.78. The predicted octanol–water partition coefficient (Wildman–Crippen LogP) is 3.61. The van der Waals surface area contributed by atoms with Crippen molar-refractivity contribution in [2.75, 3.05) is 20.8 Å². The summed E-state index contributed by atoms with van der Waals surface area (Å²) in [6.07, 6.45) is 0.915. The quantitative estimate of drug-likeness (QED) is 0.886. The molecule has 0 aromatic heterocycles. The maximum absolute atomic E-state index is 5.77. The van der Waals surface area contributed by atoms with Crippen LogP contribution in [0.4, 0.5) is 0 Å². The minimum Gasteiger partial charge on any atom is -0.497 e. The molecule has 0 radical (unpaired) electrons. The first-order valence-electron chi connectivity index (χ1n) is 6.76. The monoisotopic (exact) mass is 307 g/mol. The van der Waals surface area contributed by atoms with Crippen LogP contribution in [0, 0.1) is 0 Å². The van der Waals surface area contributed by atoms with Crippen LogP contribution in [0.1, 0.15) is 23.5 Å². The highest BCUT2D eigenvalue weighted by Gasteiger charge is 2.13. The summed E-state index contributed by atoms with van der Waals surface area (Å²) in [5.41, 5.74) is 8.27. The van der Waals surface area contributed by atoms with E-state index in [1.54, 1.807) is 14.2 Å². The Bertz CT molecular complexity index is 478. The summed E-state index contributed by atoms with van der Waals surface area (Å²) in [5.74, 6) is 2.04. The zero-order valence-electron chi connectivity index (χ0n) is 12.4. The van der Waals surface area contributed by atoms with E-state index < -0.39 is 0 Å². The lowest BCUT2D eigenvalue weighted by molar-refractivity contribution is 0.414. The number of halogens is 1. The molecule has 2 N–H and O–H groups in total. The maximum Gasteiger partial charge on any atom is 0.118 e. The second-order valence-corrected chi connectivity index (χ2v) is 4.68. The molecule has 3 nitrogen and oxygen atoms in total. The van der Waals surface area contributed by atoms with Gasteiger partial charge in [0.25, 0.3) is 0 Å². The van der Waals surface area contributed by atoms with Crippen molar-refractivity contribution in [3.63, 3.8) is 0 Å². The van der Waals surface area contributed by atoms with E-state index in [9.17, 15) is 0 Å². The third kappa shape index (κ3) is 4.38. The van der Waals surface area contributed by atoms with E-state index in [4.69, 9.17) is 15.2 Å². The van der Waals surface area contributed by atoms with Crippen LogP contribution in [-0.2, 0) is 0 Å². The number of nitrogens with two attached hydrogens (primary N) is 1. The van der Waals surface area contributed by atoms with Crippen LogP contribution >= 0.6 is 12.4 Å². The topological polar surface area (TPSA) is 44.5 Å². The van der Waals surface area contributed by atoms with Crippen molar-refractivity contribution in [1.29, 1.82) is 0 Å². The van der Waals surface area contributed by atoms with Gasteiger partial charge in [-0.05, 0) is 48.4 Å². The van der Waals surface area contributed by atoms with Crippen molar-refractivity contribution in [1.82, 2.24) is 0 Å². The Morgan fingerprint density at radius 1 is 0.810 bits per heavy atom. The van der Waals surface area contributed by atoms with Gasteiger partial charge in [-0.1, -0.05) is 24.3 Å². The van der Waals surface area contributed by atoms with Gasteiger partial charge in [0.05, 0.1) is 14.2 Å². The number of rotatable bonds is 6. The summed E-state index contributed by atoms with van der Waals surface area (Å²) < 4.78 is 10.4. The molecule has 0 aliphatic rings. The molecule has 0 spiro atoms. The third-order valence-corrected chi connectivity index (χ3v) is 3.49. The first-order valence-corrected chi connectivity index (χ1v) is 6.76. The number of methoxy groups -OCH3 is 2. The Hall–Kier alpha value is -1.71. The molecule has 2 rings (SSSR count). The summed E-state index contributed by atoms with van der Waals surface area (Å²) in [6.45, 7) is 0.655. The molecule has 0 bridgehead atoms. The average molecular weight is 308 g/mol. The van der Waals surface area contributed by atoms with E-state index in [0.29, 0.717) is 12.5 Å². The van der Waals surface area contributed by atoms with Gasteiger partial charge in [-0.25, -0.2) is 0 Å². The smallest absolute Gasteiger partial charge is 0.118 e. The minimum absolute atomic E-state index is 0. The second kappa shape index (κ2) is 8.55. The van der Waals surface area contributed by atoms with Gasteiger partial charge in [-0.2, -0.15) is 0 Å². The SMILES string of the molecule is COc1ccc(C(CCN)c2ccc(OC)cc2)cc1.Cl. The van der Waals surface area contributed by atoms with Crippen molar-refractivity contribution < 1.29 is 9.47 Å². The van der Waals surface area contributed by atoms with E-state index in [0.717, 1.165) is 17.9 Å². The minimum atomic E-state index is 0. The molecule has 0 unspecified atom stereocenters. The Morgan fingerprint density at radius 2 is 1.19 bits per heavy atom. The number of hydrogen-bond acceptors (Lipinski definition) is 3. The van der Waals surface area contributed by atoms with Crippen molar-refractivity contribution in [3.8, 4) is 11.5 Å². The molecular weight excluding hydrogens is 286 g/mol. The fourth-order valence-electron chi connectivity index (χ4n) is 2.36. The summed E-state index contributed by atoms with van der Waals surface area (Å²) in [7, 11) is 3.35. The highest BCUT2D eigenvalue weighted by molar-refractivity contribution is 5.85. The van der Waals surface area contributed by atoms with Gasteiger partial charge in [0.2, 0.25) is 0 Å². The van der Waals surface area contributed by atoms with Crippen molar-refractivity contribution in [3.05, 3.63) is 59.7 Å². The normalized spacial score (nSPS) is 10.1. The molecule has 114 valence electrons. The molecule has 2 aromatic rings. The molecule has 21 heavy (non-hydrogen) atoms. The van der Waals surface area contributed by atoms with E-state index in [-0.39, 0.29) is 12.4 Å². The van der Waals surface area contributed by atoms with Crippen LogP contribution in [0.25, 0.3) is 0 Å². The highest BCUT2D eigenvalue weighted by atomic mass is 35.5. The van der Waals surface area contributed by atoms with Gasteiger partial charge in [0, 0.05) is 5.92 Å². The van der Waals surface area contributed by atoms with Gasteiger partial charge >= 0.3 is 0 Å². The van der Waals surface area contributed by atoms with Crippen LogP contribution in [0.5, 0.6) is 11.5 Å². The largest absolute Gasteiger partial charge is 0.497 e. The lowest BCUT2D eigenvalue weighted by Crippen LogP contribution is -2.08. The van der Waals surface area contributed by atoms with Crippen LogP contribution < -0.4 is 15.2 Å². The van der Waals surface area contributed by atoms with Crippen molar-refractivity contribution >= 4 is 12.4 Å². The molecule has 0 saturated heterocycles. The van der Waals surface area contributed by atoms with Crippen molar-refractivity contribution in [2.24, 2.45) is 5.73 Å². The highest BCUT2D eigenvalue weighted by Crippen LogP contribution is 2.30. The van der Waals surface area contributed by atoms with Gasteiger partial charge in [-0.15, -0.1) is 12.4 Å². The molecule has 0 fully saturated rings. The number of hydrogen-bond donors (Lipinski definition) is 1. The van der Waals surface area contributed by atoms with Crippen LogP contribution in [0.3, 0.4) is 0 Å². The summed E-state index contributed by atoms with van der Waals surface area (Å²) in [5, 5.41) is 0. The fourth-order valence-corrected chi connectivity index (χ4v) is 2.36. The van der Waals surface area contributed by atoms with E-state index in [2.05, 4.69) is 24.3 Å². The molecule has 0 heterocycles. The van der Waals surface area contributed by atoms with Gasteiger partial charge < -0.3 is 15.2 Å². The Labute approximate surface area is 132 Å². The van der Waals surface area contributed by atoms with Crippen LogP contribution in [-0.4, -0.2) is 20.8 Å². The molecule has 4 heteroatoms. The average Bonchev–Trinajstić information content (AvgIpc) is 2.53. The molecule has 2 aromatic carbocycles. The molecule has 0 aliphatic heterocycles. The molecule has 0 saturated carbocycles. The Kier molecular flexibility index (Phi) is 7.06. The number of ether oxygens (including phenoxy) is 2. The van der Waals surface area contributed by atoms with Crippen LogP contribution in [0.15, 0.2) is 48.5 Å². The lowest BCUT2D eigenvalue weighted by atomic mass is 9.88. The van der Waals surface area contributed by atoms with E-state index in [1.807, 2.05) is 24.3 Å². The molecule has 0 amide bonds. The van der Waals surface area contributed by atoms with E-state index >= 15 is 0 Å². The molecule has 0 atom stereocenters. The van der Waals surface area contributed by atoms with Crippen LogP contribution in [0.2, 0.25) is 0 Å². The zero-order valence-corrected chi connectivity index (χ0v) is 13.2. The van der Waals surface area contributed by atoms with Gasteiger partial charge in [0.15, 0.2) is 0 Å². The summed E-state index contributed by atoms with van der Waals surface area (Å²) >= 11 is 0. The van der Waals surface area contributed by atoms with E-state index in [1.165, 1.54) is 11.1 Å². The number of benzene rings is 2. The first kappa shape index (κ1) is 17.3. The van der Waals surface area contributed by atoms with Gasteiger partial charge in [0.1, 0.15) is 11.5 Å². The standard InChI is InChI=1S/C17H21NO2.ClH/c1-19-15-7-3-13(4-8-15)17(11-12-18)14-5-9-16(20-2)10-6-14;/h3-10,17H,11-12,18H2,1-2H3;1H. The Morgan fingerprint density at radius 3 is 1.48 bits per heavy atom. The third-order valence-electron chi connectivity index (χ3n) is 3.49. The molecule has 0 aliphatic carbocycles. The second-order valence-electron chi connectivity index (χ2n) is 4.68. The Balaban J connectivity index is 0.00000220. The fraction of sp³-hybridized carbons (Fsp3) is 0.294. The van der Waals surface area contributed by atoms with Gasteiger partial charge in [-0.3, -0.25) is 0 Å². The summed E-state index contributed by atoms with van der Waals surface area (Å²) in [6, 6.07) is 16.4.